The number of aliphatic hydroxyl groups is 1. The maximum Gasteiger partial charge on any atom is 0.219 e. The Labute approximate surface area is 91.1 Å². The number of hydrogen-bond acceptors (Lipinski definition) is 4. The lowest BCUT2D eigenvalue weighted by Gasteiger charge is -2.24. The third-order valence-electron chi connectivity index (χ3n) is 2.56. The minimum atomic E-state index is -3.36. The lowest BCUT2D eigenvalue weighted by Crippen LogP contribution is -2.42. The molecule has 1 aliphatic rings. The first-order valence-corrected chi connectivity index (χ1v) is 6.64. The van der Waals surface area contributed by atoms with E-state index in [0.717, 1.165) is 12.8 Å². The van der Waals surface area contributed by atoms with Crippen LogP contribution in [0.4, 0.5) is 0 Å². The third kappa shape index (κ3) is 3.14. The van der Waals surface area contributed by atoms with E-state index in [2.05, 4.69) is 0 Å². The molecule has 0 spiro atoms. The van der Waals surface area contributed by atoms with Crippen molar-refractivity contribution in [2.75, 3.05) is 26.9 Å². The van der Waals surface area contributed by atoms with Gasteiger partial charge >= 0.3 is 0 Å². The molecule has 0 amide bonds. The third-order valence-corrected chi connectivity index (χ3v) is 4.86. The summed E-state index contributed by atoms with van der Waals surface area (Å²) in [5, 5.41) is 8.18. The largest absolute Gasteiger partial charge is 0.395 e. The van der Waals surface area contributed by atoms with Crippen molar-refractivity contribution >= 4 is 10.0 Å². The summed E-state index contributed by atoms with van der Waals surface area (Å²) in [7, 11) is -1.81. The Bertz CT molecular complexity index is 286. The van der Waals surface area contributed by atoms with E-state index in [0.29, 0.717) is 13.2 Å². The molecular weight excluding hydrogens is 218 g/mol. The summed E-state index contributed by atoms with van der Waals surface area (Å²) in [6.45, 7) is 1.97. The number of sulfonamides is 1. The van der Waals surface area contributed by atoms with Gasteiger partial charge in [-0.15, -0.1) is 0 Å². The lowest BCUT2D eigenvalue weighted by atomic mass is 10.5. The number of ether oxygens (including phenoxy) is 1. The molecule has 0 aromatic carbocycles. The minimum absolute atomic E-state index is 0.124. The van der Waals surface area contributed by atoms with Gasteiger partial charge in [0.05, 0.1) is 18.5 Å². The van der Waals surface area contributed by atoms with Crippen LogP contribution < -0.4 is 0 Å². The first-order chi connectivity index (χ1) is 7.04. The molecule has 15 heavy (non-hydrogen) atoms. The summed E-state index contributed by atoms with van der Waals surface area (Å²) < 4.78 is 30.3. The number of hydrogen-bond donors (Lipinski definition) is 1. The van der Waals surface area contributed by atoms with Crippen LogP contribution >= 0.6 is 0 Å². The second kappa shape index (κ2) is 5.25. The molecule has 0 aliphatic heterocycles. The zero-order valence-electron chi connectivity index (χ0n) is 9.22. The number of aliphatic hydroxyl groups excluding tert-OH is 1. The lowest BCUT2D eigenvalue weighted by molar-refractivity contribution is 0.176. The van der Waals surface area contributed by atoms with Gasteiger partial charge in [0.1, 0.15) is 0 Å². The van der Waals surface area contributed by atoms with Crippen LogP contribution in [0.2, 0.25) is 0 Å². The van der Waals surface area contributed by atoms with Crippen LogP contribution in [0, 0.1) is 0 Å². The Balaban J connectivity index is 2.69. The van der Waals surface area contributed by atoms with Gasteiger partial charge < -0.3 is 9.84 Å². The van der Waals surface area contributed by atoms with Crippen molar-refractivity contribution in [3.8, 4) is 0 Å². The van der Waals surface area contributed by atoms with E-state index >= 15 is 0 Å². The highest BCUT2D eigenvalue weighted by Crippen LogP contribution is 2.30. The second-order valence-corrected chi connectivity index (χ2v) is 6.18. The quantitative estimate of drug-likeness (QED) is 0.666. The summed E-state index contributed by atoms with van der Waals surface area (Å²) in [4.78, 5) is 0. The summed E-state index contributed by atoms with van der Waals surface area (Å²) >= 11 is 0. The van der Waals surface area contributed by atoms with Crippen molar-refractivity contribution in [1.82, 2.24) is 4.31 Å². The topological polar surface area (TPSA) is 66.8 Å². The van der Waals surface area contributed by atoms with E-state index in [4.69, 9.17) is 9.84 Å². The highest BCUT2D eigenvalue weighted by molar-refractivity contribution is 7.89. The van der Waals surface area contributed by atoms with E-state index in [-0.39, 0.29) is 12.6 Å². The summed E-state index contributed by atoms with van der Waals surface area (Å²) in [6, 6.07) is 0.124. The average Bonchev–Trinajstić information content (AvgIpc) is 3.01. The van der Waals surface area contributed by atoms with Crippen LogP contribution in [0.5, 0.6) is 0 Å². The molecule has 1 atom stereocenters. The fourth-order valence-corrected chi connectivity index (χ4v) is 2.99. The van der Waals surface area contributed by atoms with E-state index in [1.54, 1.807) is 7.11 Å². The molecule has 1 aliphatic carbocycles. The van der Waals surface area contributed by atoms with Crippen molar-refractivity contribution in [2.45, 2.75) is 31.1 Å². The predicted octanol–water partition coefficient (Wildman–Crippen LogP) is -0.192. The number of methoxy groups -OCH3 is 1. The van der Waals surface area contributed by atoms with Crippen LogP contribution in [0.3, 0.4) is 0 Å². The number of rotatable bonds is 7. The van der Waals surface area contributed by atoms with Crippen LogP contribution in [0.25, 0.3) is 0 Å². The van der Waals surface area contributed by atoms with E-state index in [9.17, 15) is 8.42 Å². The van der Waals surface area contributed by atoms with Crippen LogP contribution in [-0.4, -0.2) is 56.0 Å². The molecule has 0 heterocycles. The Morgan fingerprint density at radius 3 is 2.53 bits per heavy atom. The highest BCUT2D eigenvalue weighted by atomic mass is 32.2. The molecule has 0 aromatic rings. The molecule has 5 nitrogen and oxygen atoms in total. The monoisotopic (exact) mass is 237 g/mol. The minimum Gasteiger partial charge on any atom is -0.395 e. The molecule has 1 fully saturated rings. The van der Waals surface area contributed by atoms with Gasteiger partial charge in [-0.3, -0.25) is 0 Å². The molecule has 1 unspecified atom stereocenters. The summed E-state index contributed by atoms with van der Waals surface area (Å²) in [6.07, 6.45) is 1.84. The average molecular weight is 237 g/mol. The van der Waals surface area contributed by atoms with E-state index in [1.165, 1.54) is 11.2 Å². The van der Waals surface area contributed by atoms with Crippen molar-refractivity contribution in [2.24, 2.45) is 0 Å². The normalized spacial score (nSPS) is 19.5. The van der Waals surface area contributed by atoms with E-state index < -0.39 is 15.3 Å². The SMILES string of the molecule is COCCN(C1CC1)S(=O)(=O)C(C)CO. The molecule has 0 saturated heterocycles. The fourth-order valence-electron chi connectivity index (χ4n) is 1.39. The standard InChI is InChI=1S/C9H19NO4S/c1-8(7-11)15(12,13)10(5-6-14-2)9-3-4-9/h8-9,11H,3-7H2,1-2H3. The van der Waals surface area contributed by atoms with Crippen LogP contribution in [0.1, 0.15) is 19.8 Å². The maximum absolute atomic E-state index is 12.0. The molecule has 0 bridgehead atoms. The van der Waals surface area contributed by atoms with Gasteiger partial charge in [-0.25, -0.2) is 8.42 Å². The Hall–Kier alpha value is -0.170. The van der Waals surface area contributed by atoms with Crippen molar-refractivity contribution in [3.05, 3.63) is 0 Å². The predicted molar refractivity (Wildman–Crippen MR) is 57.1 cm³/mol. The first kappa shape index (κ1) is 12.9. The summed E-state index contributed by atoms with van der Waals surface area (Å²) in [5.74, 6) is 0. The van der Waals surface area contributed by atoms with Gasteiger partial charge in [-0.2, -0.15) is 4.31 Å². The Morgan fingerprint density at radius 2 is 2.13 bits per heavy atom. The zero-order valence-corrected chi connectivity index (χ0v) is 10.0. The molecule has 0 aromatic heterocycles. The van der Waals surface area contributed by atoms with Gasteiger partial charge in [0.25, 0.3) is 0 Å². The van der Waals surface area contributed by atoms with Gasteiger partial charge in [0.2, 0.25) is 10.0 Å². The fraction of sp³-hybridized carbons (Fsp3) is 1.00. The zero-order chi connectivity index (χ0) is 11.5. The van der Waals surface area contributed by atoms with Gasteiger partial charge in [-0.05, 0) is 19.8 Å². The first-order valence-electron chi connectivity index (χ1n) is 5.14. The van der Waals surface area contributed by atoms with E-state index in [1.807, 2.05) is 0 Å². The molecule has 1 rings (SSSR count). The van der Waals surface area contributed by atoms with Crippen molar-refractivity contribution in [1.29, 1.82) is 0 Å². The van der Waals surface area contributed by atoms with Crippen LogP contribution in [0.15, 0.2) is 0 Å². The van der Waals surface area contributed by atoms with Gasteiger partial charge in [0.15, 0.2) is 0 Å². The highest BCUT2D eigenvalue weighted by Gasteiger charge is 2.39. The van der Waals surface area contributed by atoms with Gasteiger partial charge in [-0.1, -0.05) is 0 Å². The molecule has 6 heteroatoms. The maximum atomic E-state index is 12.0. The second-order valence-electron chi connectivity index (χ2n) is 3.87. The molecule has 1 saturated carbocycles. The van der Waals surface area contributed by atoms with Crippen LogP contribution in [-0.2, 0) is 14.8 Å². The summed E-state index contributed by atoms with van der Waals surface area (Å²) in [5.41, 5.74) is 0. The Morgan fingerprint density at radius 1 is 1.53 bits per heavy atom. The van der Waals surface area contributed by atoms with Crippen molar-refractivity contribution in [3.63, 3.8) is 0 Å². The van der Waals surface area contributed by atoms with Crippen molar-refractivity contribution < 1.29 is 18.3 Å². The molecule has 0 radical (unpaired) electrons. The molecule has 1 N–H and O–H groups in total. The Kier molecular flexibility index (Phi) is 4.51. The number of nitrogens with zero attached hydrogens (tertiary/aromatic N) is 1. The molecular formula is C9H19NO4S. The van der Waals surface area contributed by atoms with Gasteiger partial charge in [0, 0.05) is 19.7 Å². The molecule has 90 valence electrons. The smallest absolute Gasteiger partial charge is 0.219 e.